The van der Waals surface area contributed by atoms with Gasteiger partial charge in [-0.1, -0.05) is 30.3 Å². The zero-order valence-corrected chi connectivity index (χ0v) is 14.8. The molecule has 1 aromatic carbocycles. The highest BCUT2D eigenvalue weighted by atomic mass is 32.1. The van der Waals surface area contributed by atoms with E-state index in [2.05, 4.69) is 40.2 Å². The van der Waals surface area contributed by atoms with Gasteiger partial charge >= 0.3 is 0 Å². The molecule has 24 heavy (non-hydrogen) atoms. The molecule has 3 nitrogen and oxygen atoms in total. The fourth-order valence-electron chi connectivity index (χ4n) is 4.07. The molecule has 1 unspecified atom stereocenters. The summed E-state index contributed by atoms with van der Waals surface area (Å²) >= 11 is 1.71. The number of aromatic nitrogens is 1. The number of nitrogens with zero attached hydrogens (tertiary/aromatic N) is 2. The van der Waals surface area contributed by atoms with Crippen molar-refractivity contribution in [3.8, 4) is 0 Å². The lowest BCUT2D eigenvalue weighted by atomic mass is 9.87. The van der Waals surface area contributed by atoms with E-state index in [0.717, 1.165) is 57.5 Å². The van der Waals surface area contributed by atoms with Crippen LogP contribution in [0.4, 0.5) is 0 Å². The van der Waals surface area contributed by atoms with Gasteiger partial charge in [0.25, 0.3) is 0 Å². The molecule has 0 saturated carbocycles. The van der Waals surface area contributed by atoms with E-state index in [0.29, 0.717) is 5.91 Å². The van der Waals surface area contributed by atoms with Gasteiger partial charge in [-0.25, -0.2) is 4.98 Å². The molecule has 1 fully saturated rings. The Bertz CT molecular complexity index is 689. The summed E-state index contributed by atoms with van der Waals surface area (Å²) in [6, 6.07) is 10.7. The van der Waals surface area contributed by atoms with Crippen molar-refractivity contribution in [3.05, 3.63) is 52.0 Å². The first-order chi connectivity index (χ1) is 11.8. The predicted molar refractivity (Wildman–Crippen MR) is 97.1 cm³/mol. The largest absolute Gasteiger partial charge is 0.342 e. The van der Waals surface area contributed by atoms with Crippen LogP contribution in [0.2, 0.25) is 0 Å². The van der Waals surface area contributed by atoms with Crippen LogP contribution in [0.5, 0.6) is 0 Å². The standard InChI is InChI=1S/C20H24N2OS/c23-20(17-6-7-18-19(13-17)24-14-21-18)22-10-8-16(9-11-22)12-15-4-2-1-3-5-15/h1-5,14,16-17H,6-13H2. The Labute approximate surface area is 147 Å². The topological polar surface area (TPSA) is 33.2 Å². The molecular formula is C20H24N2OS. The van der Waals surface area contributed by atoms with Crippen molar-refractivity contribution < 1.29 is 4.79 Å². The molecule has 1 amide bonds. The SMILES string of the molecule is O=C(C1CCc2ncsc2C1)N1CCC(Cc2ccccc2)CC1. The normalized spacial score (nSPS) is 21.5. The molecule has 1 aliphatic carbocycles. The summed E-state index contributed by atoms with van der Waals surface area (Å²) in [6.45, 7) is 1.87. The number of hydrogen-bond donors (Lipinski definition) is 0. The van der Waals surface area contributed by atoms with Gasteiger partial charge in [0.1, 0.15) is 0 Å². The maximum absolute atomic E-state index is 12.9. The first kappa shape index (κ1) is 15.8. The number of amides is 1. The van der Waals surface area contributed by atoms with Gasteiger partial charge in [-0.15, -0.1) is 11.3 Å². The van der Waals surface area contributed by atoms with Crippen molar-refractivity contribution in [1.82, 2.24) is 9.88 Å². The van der Waals surface area contributed by atoms with E-state index in [1.807, 2.05) is 5.51 Å². The van der Waals surface area contributed by atoms with Crippen LogP contribution in [-0.2, 0) is 24.1 Å². The third-order valence-corrected chi connectivity index (χ3v) is 6.43. The number of likely N-dealkylation sites (tertiary alicyclic amines) is 1. The van der Waals surface area contributed by atoms with Crippen LogP contribution >= 0.6 is 11.3 Å². The van der Waals surface area contributed by atoms with E-state index in [9.17, 15) is 4.79 Å². The molecule has 1 aromatic heterocycles. The molecule has 2 aromatic rings. The summed E-state index contributed by atoms with van der Waals surface area (Å²) in [5.41, 5.74) is 4.57. The highest BCUT2D eigenvalue weighted by Crippen LogP contribution is 2.30. The van der Waals surface area contributed by atoms with Crippen molar-refractivity contribution in [2.24, 2.45) is 11.8 Å². The predicted octanol–water partition coefficient (Wildman–Crippen LogP) is 3.73. The Balaban J connectivity index is 1.30. The summed E-state index contributed by atoms with van der Waals surface area (Å²) in [5, 5.41) is 0. The zero-order valence-electron chi connectivity index (χ0n) is 14.0. The molecule has 126 valence electrons. The van der Waals surface area contributed by atoms with Gasteiger partial charge in [-0.2, -0.15) is 0 Å². The minimum absolute atomic E-state index is 0.184. The molecule has 4 rings (SSSR count). The lowest BCUT2D eigenvalue weighted by Crippen LogP contribution is -2.43. The molecule has 1 aliphatic heterocycles. The molecule has 0 N–H and O–H groups in total. The number of aryl methyl sites for hydroxylation is 1. The molecule has 2 aliphatic rings. The minimum Gasteiger partial charge on any atom is -0.342 e. The number of piperidine rings is 1. The van der Waals surface area contributed by atoms with Crippen molar-refractivity contribution in [2.75, 3.05) is 13.1 Å². The van der Waals surface area contributed by atoms with Gasteiger partial charge in [0.05, 0.1) is 11.2 Å². The fourth-order valence-corrected chi connectivity index (χ4v) is 4.97. The highest BCUT2D eigenvalue weighted by molar-refractivity contribution is 7.09. The molecule has 4 heteroatoms. The average molecular weight is 340 g/mol. The molecule has 2 heterocycles. The lowest BCUT2D eigenvalue weighted by molar-refractivity contribution is -0.137. The third-order valence-electron chi connectivity index (χ3n) is 5.53. The highest BCUT2D eigenvalue weighted by Gasteiger charge is 2.31. The smallest absolute Gasteiger partial charge is 0.226 e. The van der Waals surface area contributed by atoms with Gasteiger partial charge in [0, 0.05) is 23.9 Å². The quantitative estimate of drug-likeness (QED) is 0.853. The zero-order chi connectivity index (χ0) is 16.4. The van der Waals surface area contributed by atoms with Crippen LogP contribution in [0.25, 0.3) is 0 Å². The number of rotatable bonds is 3. The Morgan fingerprint density at radius 2 is 1.96 bits per heavy atom. The summed E-state index contributed by atoms with van der Waals surface area (Å²) in [7, 11) is 0. The molecule has 1 saturated heterocycles. The maximum atomic E-state index is 12.9. The van der Waals surface area contributed by atoms with Crippen LogP contribution < -0.4 is 0 Å². The Morgan fingerprint density at radius 3 is 2.75 bits per heavy atom. The number of carbonyl (C=O) groups is 1. The van der Waals surface area contributed by atoms with E-state index < -0.39 is 0 Å². The van der Waals surface area contributed by atoms with E-state index in [1.165, 1.54) is 16.1 Å². The van der Waals surface area contributed by atoms with Crippen molar-refractivity contribution in [2.45, 2.75) is 38.5 Å². The first-order valence-electron chi connectivity index (χ1n) is 9.03. The maximum Gasteiger partial charge on any atom is 0.226 e. The summed E-state index contributed by atoms with van der Waals surface area (Å²) < 4.78 is 0. The average Bonchev–Trinajstić information content (AvgIpc) is 3.10. The monoisotopic (exact) mass is 340 g/mol. The Kier molecular flexibility index (Phi) is 4.65. The second-order valence-electron chi connectivity index (χ2n) is 7.12. The van der Waals surface area contributed by atoms with Crippen LogP contribution in [0.3, 0.4) is 0 Å². The lowest BCUT2D eigenvalue weighted by Gasteiger charge is -2.35. The molecular weight excluding hydrogens is 316 g/mol. The summed E-state index contributed by atoms with van der Waals surface area (Å²) in [4.78, 5) is 20.7. The first-order valence-corrected chi connectivity index (χ1v) is 9.91. The number of carbonyl (C=O) groups excluding carboxylic acids is 1. The van der Waals surface area contributed by atoms with Crippen LogP contribution in [0.15, 0.2) is 35.8 Å². The Hall–Kier alpha value is -1.68. The van der Waals surface area contributed by atoms with Crippen molar-refractivity contribution in [3.63, 3.8) is 0 Å². The van der Waals surface area contributed by atoms with Crippen LogP contribution in [0.1, 0.15) is 35.4 Å². The van der Waals surface area contributed by atoms with Gasteiger partial charge < -0.3 is 4.90 Å². The number of benzene rings is 1. The second kappa shape index (κ2) is 7.06. The van der Waals surface area contributed by atoms with Crippen molar-refractivity contribution in [1.29, 1.82) is 0 Å². The Morgan fingerprint density at radius 1 is 1.17 bits per heavy atom. The summed E-state index contributed by atoms with van der Waals surface area (Å²) in [5.74, 6) is 1.28. The molecule has 0 spiro atoms. The number of hydrogen-bond acceptors (Lipinski definition) is 3. The van der Waals surface area contributed by atoms with Crippen molar-refractivity contribution >= 4 is 17.2 Å². The van der Waals surface area contributed by atoms with Crippen LogP contribution in [-0.4, -0.2) is 28.9 Å². The number of thiazole rings is 1. The van der Waals surface area contributed by atoms with Gasteiger partial charge in [-0.3, -0.25) is 4.79 Å². The molecule has 0 bridgehead atoms. The molecule has 0 radical (unpaired) electrons. The number of fused-ring (bicyclic) bond motifs is 1. The van der Waals surface area contributed by atoms with E-state index in [-0.39, 0.29) is 5.92 Å². The second-order valence-corrected chi connectivity index (χ2v) is 8.06. The summed E-state index contributed by atoms with van der Waals surface area (Å²) in [6.07, 6.45) is 6.27. The van der Waals surface area contributed by atoms with Gasteiger partial charge in [0.2, 0.25) is 5.91 Å². The molecule has 1 atom stereocenters. The van der Waals surface area contributed by atoms with Crippen LogP contribution in [0, 0.1) is 11.8 Å². The fraction of sp³-hybridized carbons (Fsp3) is 0.500. The van der Waals surface area contributed by atoms with E-state index >= 15 is 0 Å². The van der Waals surface area contributed by atoms with E-state index in [1.54, 1.807) is 11.3 Å². The minimum atomic E-state index is 0.184. The van der Waals surface area contributed by atoms with E-state index in [4.69, 9.17) is 0 Å². The van der Waals surface area contributed by atoms with Gasteiger partial charge in [0.15, 0.2) is 0 Å². The van der Waals surface area contributed by atoms with Gasteiger partial charge in [-0.05, 0) is 50.0 Å². The third kappa shape index (κ3) is 3.39.